The molecular formula is C16H23ClN2O3. The summed E-state index contributed by atoms with van der Waals surface area (Å²) in [5, 5.41) is 14.8. The van der Waals surface area contributed by atoms with Gasteiger partial charge in [0.25, 0.3) is 0 Å². The number of aryl methyl sites for hydroxylation is 1. The molecule has 1 unspecified atom stereocenters. The molecule has 122 valence electrons. The van der Waals surface area contributed by atoms with E-state index in [0.29, 0.717) is 23.7 Å². The Labute approximate surface area is 136 Å². The standard InChI is InChI=1S/C16H23ClN2O3/c1-10-5-6-13(12(17)7-10)19-15(22)14(21)18-9-16(3,4)8-11(2)20/h5-7,11,20H,8-9H2,1-4H3,(H,18,21)(H,19,22). The second kappa shape index (κ2) is 7.61. The van der Waals surface area contributed by atoms with Gasteiger partial charge in [0, 0.05) is 6.54 Å². The van der Waals surface area contributed by atoms with Gasteiger partial charge < -0.3 is 15.7 Å². The van der Waals surface area contributed by atoms with Gasteiger partial charge in [-0.2, -0.15) is 0 Å². The molecule has 22 heavy (non-hydrogen) atoms. The van der Waals surface area contributed by atoms with Crippen molar-refractivity contribution >= 4 is 29.1 Å². The number of aliphatic hydroxyl groups is 1. The summed E-state index contributed by atoms with van der Waals surface area (Å²) in [6.45, 7) is 7.69. The van der Waals surface area contributed by atoms with Crippen molar-refractivity contribution in [1.82, 2.24) is 5.32 Å². The fourth-order valence-corrected chi connectivity index (χ4v) is 2.45. The molecule has 1 aromatic rings. The van der Waals surface area contributed by atoms with E-state index in [1.54, 1.807) is 25.1 Å². The van der Waals surface area contributed by atoms with E-state index < -0.39 is 17.9 Å². The monoisotopic (exact) mass is 326 g/mol. The van der Waals surface area contributed by atoms with Crippen LogP contribution in [0, 0.1) is 12.3 Å². The zero-order valence-electron chi connectivity index (χ0n) is 13.4. The number of anilines is 1. The lowest BCUT2D eigenvalue weighted by atomic mass is 9.87. The Morgan fingerprint density at radius 2 is 1.95 bits per heavy atom. The van der Waals surface area contributed by atoms with E-state index in [1.165, 1.54) is 0 Å². The van der Waals surface area contributed by atoms with Gasteiger partial charge in [-0.05, 0) is 43.4 Å². The van der Waals surface area contributed by atoms with Gasteiger partial charge in [-0.1, -0.05) is 31.5 Å². The number of carbonyl (C=O) groups excluding carboxylic acids is 2. The number of carbonyl (C=O) groups is 2. The molecule has 0 saturated carbocycles. The van der Waals surface area contributed by atoms with Gasteiger partial charge >= 0.3 is 11.8 Å². The minimum Gasteiger partial charge on any atom is -0.393 e. The first-order chi connectivity index (χ1) is 10.1. The first kappa shape index (κ1) is 18.5. The van der Waals surface area contributed by atoms with Crippen molar-refractivity contribution in [2.45, 2.75) is 40.2 Å². The first-order valence-electron chi connectivity index (χ1n) is 7.14. The van der Waals surface area contributed by atoms with Gasteiger partial charge in [0.15, 0.2) is 0 Å². The Balaban J connectivity index is 2.57. The van der Waals surface area contributed by atoms with E-state index in [0.717, 1.165) is 5.56 Å². The molecule has 0 bridgehead atoms. The normalized spacial score (nSPS) is 12.6. The predicted molar refractivity (Wildman–Crippen MR) is 87.9 cm³/mol. The fraction of sp³-hybridized carbons (Fsp3) is 0.500. The molecular weight excluding hydrogens is 304 g/mol. The van der Waals surface area contributed by atoms with E-state index in [1.807, 2.05) is 20.8 Å². The van der Waals surface area contributed by atoms with Gasteiger partial charge in [-0.25, -0.2) is 0 Å². The SMILES string of the molecule is Cc1ccc(NC(=O)C(=O)NCC(C)(C)CC(C)O)c(Cl)c1. The van der Waals surface area contributed by atoms with Crippen LogP contribution in [0.3, 0.4) is 0 Å². The van der Waals surface area contributed by atoms with Crippen LogP contribution in [0.5, 0.6) is 0 Å². The molecule has 0 radical (unpaired) electrons. The number of hydrogen-bond donors (Lipinski definition) is 3. The molecule has 0 aliphatic carbocycles. The Hall–Kier alpha value is -1.59. The smallest absolute Gasteiger partial charge is 0.313 e. The lowest BCUT2D eigenvalue weighted by Crippen LogP contribution is -2.41. The van der Waals surface area contributed by atoms with Crippen LogP contribution in [0.2, 0.25) is 5.02 Å². The minimum atomic E-state index is -0.765. The molecule has 0 saturated heterocycles. The molecule has 0 heterocycles. The van der Waals surface area contributed by atoms with Crippen LogP contribution in [0.25, 0.3) is 0 Å². The minimum absolute atomic E-state index is 0.297. The summed E-state index contributed by atoms with van der Waals surface area (Å²) in [7, 11) is 0. The summed E-state index contributed by atoms with van der Waals surface area (Å²) in [5.41, 5.74) is 1.06. The molecule has 0 spiro atoms. The number of halogens is 1. The zero-order chi connectivity index (χ0) is 16.9. The molecule has 0 aliphatic heterocycles. The van der Waals surface area contributed by atoms with Gasteiger partial charge in [0.1, 0.15) is 0 Å². The average molecular weight is 327 g/mol. The summed E-state index contributed by atoms with van der Waals surface area (Å²) in [4.78, 5) is 23.7. The zero-order valence-corrected chi connectivity index (χ0v) is 14.1. The molecule has 5 nitrogen and oxygen atoms in total. The quantitative estimate of drug-likeness (QED) is 0.727. The van der Waals surface area contributed by atoms with E-state index in [-0.39, 0.29) is 5.41 Å². The highest BCUT2D eigenvalue weighted by molar-refractivity contribution is 6.41. The van der Waals surface area contributed by atoms with Crippen LogP contribution in [0.4, 0.5) is 5.69 Å². The van der Waals surface area contributed by atoms with E-state index in [4.69, 9.17) is 11.6 Å². The maximum Gasteiger partial charge on any atom is 0.313 e. The highest BCUT2D eigenvalue weighted by Gasteiger charge is 2.23. The number of aliphatic hydroxyl groups excluding tert-OH is 1. The topological polar surface area (TPSA) is 78.4 Å². The number of rotatable bonds is 5. The molecule has 1 atom stereocenters. The first-order valence-corrected chi connectivity index (χ1v) is 7.52. The van der Waals surface area contributed by atoms with Crippen molar-refractivity contribution in [3.63, 3.8) is 0 Å². The third-order valence-corrected chi connectivity index (χ3v) is 3.47. The average Bonchev–Trinajstić information content (AvgIpc) is 2.37. The van der Waals surface area contributed by atoms with Gasteiger partial charge in [-0.15, -0.1) is 0 Å². The lowest BCUT2D eigenvalue weighted by Gasteiger charge is -2.26. The highest BCUT2D eigenvalue weighted by Crippen LogP contribution is 2.23. The van der Waals surface area contributed by atoms with Crippen molar-refractivity contribution in [3.8, 4) is 0 Å². The molecule has 3 N–H and O–H groups in total. The highest BCUT2D eigenvalue weighted by atomic mass is 35.5. The van der Waals surface area contributed by atoms with E-state index >= 15 is 0 Å². The summed E-state index contributed by atoms with van der Waals surface area (Å²) < 4.78 is 0. The largest absolute Gasteiger partial charge is 0.393 e. The maximum absolute atomic E-state index is 11.9. The number of nitrogens with one attached hydrogen (secondary N) is 2. The molecule has 6 heteroatoms. The molecule has 0 fully saturated rings. The summed E-state index contributed by atoms with van der Waals surface area (Å²) in [6, 6.07) is 5.16. The predicted octanol–water partition coefficient (Wildman–Crippen LogP) is 2.50. The molecule has 0 aromatic heterocycles. The summed E-state index contributed by atoms with van der Waals surface area (Å²) >= 11 is 6.01. The van der Waals surface area contributed by atoms with Crippen LogP contribution in [-0.4, -0.2) is 29.6 Å². The van der Waals surface area contributed by atoms with Crippen LogP contribution < -0.4 is 10.6 Å². The van der Waals surface area contributed by atoms with Crippen molar-refractivity contribution in [2.75, 3.05) is 11.9 Å². The van der Waals surface area contributed by atoms with Crippen molar-refractivity contribution in [2.24, 2.45) is 5.41 Å². The fourth-order valence-electron chi connectivity index (χ4n) is 2.17. The Morgan fingerprint density at radius 3 is 2.50 bits per heavy atom. The van der Waals surface area contributed by atoms with E-state index in [9.17, 15) is 14.7 Å². The molecule has 1 rings (SSSR count). The maximum atomic E-state index is 11.9. The Morgan fingerprint density at radius 1 is 1.32 bits per heavy atom. The molecule has 1 aromatic carbocycles. The third kappa shape index (κ3) is 6.03. The number of benzene rings is 1. The molecule has 0 aliphatic rings. The third-order valence-electron chi connectivity index (χ3n) is 3.15. The van der Waals surface area contributed by atoms with Crippen LogP contribution in [0.1, 0.15) is 32.8 Å². The van der Waals surface area contributed by atoms with Crippen molar-refractivity contribution in [3.05, 3.63) is 28.8 Å². The number of amides is 2. The van der Waals surface area contributed by atoms with Gasteiger partial charge in [-0.3, -0.25) is 9.59 Å². The van der Waals surface area contributed by atoms with Crippen molar-refractivity contribution < 1.29 is 14.7 Å². The van der Waals surface area contributed by atoms with Crippen LogP contribution in [0.15, 0.2) is 18.2 Å². The Bertz CT molecular complexity index is 556. The van der Waals surface area contributed by atoms with Crippen LogP contribution >= 0.6 is 11.6 Å². The summed E-state index contributed by atoms with van der Waals surface area (Å²) in [6.07, 6.45) is 0.0608. The second-order valence-electron chi connectivity index (χ2n) is 6.34. The number of hydrogen-bond acceptors (Lipinski definition) is 3. The second-order valence-corrected chi connectivity index (χ2v) is 6.74. The van der Waals surface area contributed by atoms with E-state index in [2.05, 4.69) is 10.6 Å². The Kier molecular flexibility index (Phi) is 6.38. The van der Waals surface area contributed by atoms with Gasteiger partial charge in [0.2, 0.25) is 0 Å². The molecule has 2 amide bonds. The van der Waals surface area contributed by atoms with Crippen LogP contribution in [-0.2, 0) is 9.59 Å². The van der Waals surface area contributed by atoms with Crippen molar-refractivity contribution in [1.29, 1.82) is 0 Å². The summed E-state index contributed by atoms with van der Waals surface area (Å²) in [5.74, 6) is -1.49. The lowest BCUT2D eigenvalue weighted by molar-refractivity contribution is -0.136. The van der Waals surface area contributed by atoms with Gasteiger partial charge in [0.05, 0.1) is 16.8 Å².